The molecule has 1 aromatic rings. The molecule has 41 heavy (non-hydrogen) atoms. The number of nitrogens with zero attached hydrogens (tertiary/aromatic N) is 3. The summed E-state index contributed by atoms with van der Waals surface area (Å²) in [5, 5.41) is 10.5. The molecular weight excluding hydrogens is 522 g/mol. The number of likely N-dealkylation sites (tertiary alicyclic amines) is 1. The predicted molar refractivity (Wildman–Crippen MR) is 156 cm³/mol. The second-order valence-electron chi connectivity index (χ2n) is 11.5. The Labute approximate surface area is 242 Å². The maximum absolute atomic E-state index is 14.6. The van der Waals surface area contributed by atoms with E-state index in [1.165, 1.54) is 4.90 Å². The summed E-state index contributed by atoms with van der Waals surface area (Å²) < 4.78 is 12.3. The van der Waals surface area contributed by atoms with Crippen LogP contribution in [-0.4, -0.2) is 84.4 Å². The zero-order valence-electron chi connectivity index (χ0n) is 24.6. The molecule has 222 valence electrons. The summed E-state index contributed by atoms with van der Waals surface area (Å²) in [7, 11) is 0. The first-order chi connectivity index (χ1) is 19.8. The van der Waals surface area contributed by atoms with Crippen LogP contribution in [0.15, 0.2) is 48.6 Å². The van der Waals surface area contributed by atoms with E-state index >= 15 is 0 Å². The molecule has 5 rings (SSSR count). The maximum Gasteiger partial charge on any atom is 0.312 e. The molecule has 2 fully saturated rings. The van der Waals surface area contributed by atoms with Gasteiger partial charge >= 0.3 is 5.97 Å². The molecular formula is C32H43N3O6. The third-order valence-corrected chi connectivity index (χ3v) is 9.42. The number of anilines is 2. The number of rotatable bonds is 8. The number of benzene rings is 1. The third kappa shape index (κ3) is 4.87. The molecule has 4 heterocycles. The summed E-state index contributed by atoms with van der Waals surface area (Å²) in [4.78, 5) is 47.9. The van der Waals surface area contributed by atoms with E-state index in [4.69, 9.17) is 9.47 Å². The van der Waals surface area contributed by atoms with Crippen molar-refractivity contribution >= 4 is 29.2 Å². The van der Waals surface area contributed by atoms with Crippen LogP contribution in [-0.2, 0) is 23.9 Å². The molecule has 0 aliphatic carbocycles. The first kappa shape index (κ1) is 29.3. The Bertz CT molecular complexity index is 1190. The molecule has 9 heteroatoms. The van der Waals surface area contributed by atoms with Gasteiger partial charge in [-0.2, -0.15) is 0 Å². The van der Waals surface area contributed by atoms with Crippen LogP contribution in [0.25, 0.3) is 0 Å². The van der Waals surface area contributed by atoms with E-state index in [1.54, 1.807) is 4.90 Å². The van der Waals surface area contributed by atoms with Gasteiger partial charge in [-0.1, -0.05) is 44.6 Å². The average Bonchev–Trinajstić information content (AvgIpc) is 3.39. The highest BCUT2D eigenvalue weighted by Gasteiger charge is 2.72. The number of amides is 2. The average molecular weight is 566 g/mol. The predicted octanol–water partition coefficient (Wildman–Crippen LogP) is 3.32. The van der Waals surface area contributed by atoms with Gasteiger partial charge in [-0.25, -0.2) is 0 Å². The lowest BCUT2D eigenvalue weighted by Crippen LogP contribution is -2.59. The minimum absolute atomic E-state index is 0.0789. The highest BCUT2D eigenvalue weighted by atomic mass is 16.6. The topological polar surface area (TPSA) is 99.6 Å². The molecule has 1 spiro atoms. The van der Waals surface area contributed by atoms with Gasteiger partial charge in [0.2, 0.25) is 5.91 Å². The number of esters is 1. The molecule has 7 atom stereocenters. The van der Waals surface area contributed by atoms with Gasteiger partial charge in [0, 0.05) is 31.0 Å². The van der Waals surface area contributed by atoms with Gasteiger partial charge in [0.1, 0.15) is 17.6 Å². The number of ether oxygens (including phenoxy) is 2. The van der Waals surface area contributed by atoms with E-state index in [2.05, 4.69) is 18.7 Å². The summed E-state index contributed by atoms with van der Waals surface area (Å²) in [6, 6.07) is 6.24. The van der Waals surface area contributed by atoms with Gasteiger partial charge in [-0.15, -0.1) is 0 Å². The van der Waals surface area contributed by atoms with Crippen LogP contribution in [0.4, 0.5) is 11.4 Å². The SMILES string of the molecule is CC[C@H](C)[C@H](CO)N1C(=O)[C@@H]2[C@@H]3C(=O)OCCC/C=C\[C@@H]3O[C@@]23C=CCN(c2ccc(N(CC)CC)cc2)C(=O)C13. The number of hydrogen-bond acceptors (Lipinski definition) is 7. The zero-order valence-corrected chi connectivity index (χ0v) is 24.6. The Morgan fingerprint density at radius 3 is 2.46 bits per heavy atom. The van der Waals surface area contributed by atoms with Gasteiger partial charge in [-0.3, -0.25) is 14.4 Å². The van der Waals surface area contributed by atoms with Crippen molar-refractivity contribution in [3.05, 3.63) is 48.6 Å². The number of aliphatic hydroxyl groups excluding tert-OH is 1. The number of carbonyl (C=O) groups excluding carboxylic acids is 3. The molecule has 1 aromatic carbocycles. The van der Waals surface area contributed by atoms with Crippen LogP contribution < -0.4 is 9.80 Å². The van der Waals surface area contributed by atoms with Crippen LogP contribution in [0, 0.1) is 17.8 Å². The summed E-state index contributed by atoms with van der Waals surface area (Å²) in [5.41, 5.74) is 0.426. The van der Waals surface area contributed by atoms with Gasteiger partial charge in [0.05, 0.1) is 31.3 Å². The van der Waals surface area contributed by atoms with Crippen LogP contribution in [0.5, 0.6) is 0 Å². The van der Waals surface area contributed by atoms with Crippen molar-refractivity contribution < 1.29 is 29.0 Å². The fourth-order valence-electron chi connectivity index (χ4n) is 7.03. The van der Waals surface area contributed by atoms with Crippen molar-refractivity contribution in [2.45, 2.75) is 70.7 Å². The van der Waals surface area contributed by atoms with E-state index in [1.807, 2.05) is 62.4 Å². The lowest BCUT2D eigenvalue weighted by molar-refractivity contribution is -0.155. The smallest absolute Gasteiger partial charge is 0.312 e. The van der Waals surface area contributed by atoms with Crippen LogP contribution in [0.3, 0.4) is 0 Å². The van der Waals surface area contributed by atoms with Crippen LogP contribution >= 0.6 is 0 Å². The van der Waals surface area contributed by atoms with Crippen LogP contribution in [0.2, 0.25) is 0 Å². The van der Waals surface area contributed by atoms with E-state index in [0.29, 0.717) is 25.1 Å². The molecule has 0 aromatic heterocycles. The number of hydrogen-bond donors (Lipinski definition) is 1. The second-order valence-corrected chi connectivity index (χ2v) is 11.5. The molecule has 1 unspecified atom stereocenters. The van der Waals surface area contributed by atoms with Crippen molar-refractivity contribution in [2.75, 3.05) is 42.6 Å². The van der Waals surface area contributed by atoms with Gasteiger partial charge in [-0.05, 0) is 56.9 Å². The number of aliphatic hydroxyl groups is 1. The van der Waals surface area contributed by atoms with Crippen molar-refractivity contribution in [1.82, 2.24) is 4.90 Å². The molecule has 9 nitrogen and oxygen atoms in total. The van der Waals surface area contributed by atoms with Gasteiger partial charge < -0.3 is 29.3 Å². The molecule has 1 N–H and O–H groups in total. The minimum atomic E-state index is -1.36. The van der Waals surface area contributed by atoms with Crippen molar-refractivity contribution in [3.63, 3.8) is 0 Å². The van der Waals surface area contributed by atoms with E-state index < -0.39 is 41.6 Å². The fraction of sp³-hybridized carbons (Fsp3) is 0.594. The lowest BCUT2D eigenvalue weighted by atomic mass is 9.78. The monoisotopic (exact) mass is 565 g/mol. The Balaban J connectivity index is 1.60. The molecule has 0 bridgehead atoms. The number of carbonyl (C=O) groups is 3. The Morgan fingerprint density at radius 1 is 1.07 bits per heavy atom. The standard InChI is InChI=1S/C32H43N3O6/c1-5-21(4)24(20-36)35-28-30(38)34(23-15-13-22(14-16-23)33(6-2)7-3)18-11-17-32(28)27(29(35)37)26-25(41-32)12-9-8-10-19-40-31(26)39/h9,11-17,21,24-28,36H,5-8,10,18-20H2,1-4H3/b12-9-/t21-,24-,25-,26+,27-,28?,32-/m0/s1. The maximum atomic E-state index is 14.6. The number of fused-ring (bicyclic) bond motifs is 2. The van der Waals surface area contributed by atoms with Crippen molar-refractivity contribution in [3.8, 4) is 0 Å². The minimum Gasteiger partial charge on any atom is -0.465 e. The summed E-state index contributed by atoms with van der Waals surface area (Å²) >= 11 is 0. The number of allylic oxidation sites excluding steroid dienone is 1. The summed E-state index contributed by atoms with van der Waals surface area (Å²) in [6.07, 6.45) is 8.96. The number of cyclic esters (lactones) is 1. The first-order valence-corrected chi connectivity index (χ1v) is 15.1. The fourth-order valence-corrected chi connectivity index (χ4v) is 7.03. The van der Waals surface area contributed by atoms with Gasteiger partial charge in [0.15, 0.2) is 0 Å². The molecule has 2 saturated heterocycles. The van der Waals surface area contributed by atoms with E-state index in [9.17, 15) is 19.5 Å². The van der Waals surface area contributed by atoms with E-state index in [-0.39, 0.29) is 30.9 Å². The Kier molecular flexibility index (Phi) is 8.57. The van der Waals surface area contributed by atoms with E-state index in [0.717, 1.165) is 25.2 Å². The Morgan fingerprint density at radius 2 is 1.80 bits per heavy atom. The molecule has 0 radical (unpaired) electrons. The normalized spacial score (nSPS) is 31.7. The highest BCUT2D eigenvalue weighted by molar-refractivity contribution is 6.05. The molecule has 4 aliphatic heterocycles. The van der Waals surface area contributed by atoms with Crippen molar-refractivity contribution in [1.29, 1.82) is 0 Å². The molecule has 0 saturated carbocycles. The molecule has 4 aliphatic rings. The largest absolute Gasteiger partial charge is 0.465 e. The van der Waals surface area contributed by atoms with Gasteiger partial charge in [0.25, 0.3) is 5.91 Å². The quantitative estimate of drug-likeness (QED) is 0.381. The zero-order chi connectivity index (χ0) is 29.3. The highest BCUT2D eigenvalue weighted by Crippen LogP contribution is 2.54. The summed E-state index contributed by atoms with van der Waals surface area (Å²) in [6.45, 7) is 10.2. The second kappa shape index (κ2) is 12.0. The third-order valence-electron chi connectivity index (χ3n) is 9.42. The van der Waals surface area contributed by atoms with Crippen molar-refractivity contribution in [2.24, 2.45) is 17.8 Å². The Hall–Kier alpha value is -3.17. The molecule has 2 amide bonds. The van der Waals surface area contributed by atoms with Crippen LogP contribution in [0.1, 0.15) is 47.0 Å². The lowest BCUT2D eigenvalue weighted by Gasteiger charge is -2.40. The summed E-state index contributed by atoms with van der Waals surface area (Å²) in [5.74, 6) is -3.00. The first-order valence-electron chi connectivity index (χ1n) is 15.1.